The molecular formula is C16H18. The molecule has 0 heteroatoms. The van der Waals surface area contributed by atoms with E-state index in [2.05, 4.69) is 63.2 Å². The molecule has 2 aromatic carbocycles. The first-order valence-electron chi connectivity index (χ1n) is 5.86. The summed E-state index contributed by atoms with van der Waals surface area (Å²) in [7, 11) is 0. The third-order valence-corrected chi connectivity index (χ3v) is 2.92. The molecule has 0 N–H and O–H groups in total. The summed E-state index contributed by atoms with van der Waals surface area (Å²) in [4.78, 5) is 0. The van der Waals surface area contributed by atoms with E-state index in [9.17, 15) is 0 Å². The molecule has 0 saturated carbocycles. The lowest BCUT2D eigenvalue weighted by molar-refractivity contribution is 1.14. The summed E-state index contributed by atoms with van der Waals surface area (Å²) in [5.74, 6) is 0. The van der Waals surface area contributed by atoms with Crippen molar-refractivity contribution in [3.05, 3.63) is 59.2 Å². The van der Waals surface area contributed by atoms with Gasteiger partial charge in [0.2, 0.25) is 0 Å². The van der Waals surface area contributed by atoms with Gasteiger partial charge in [-0.15, -0.1) is 0 Å². The van der Waals surface area contributed by atoms with E-state index in [4.69, 9.17) is 0 Å². The van der Waals surface area contributed by atoms with Crippen molar-refractivity contribution in [2.45, 2.75) is 27.2 Å². The Labute approximate surface area is 97.9 Å². The van der Waals surface area contributed by atoms with Crippen LogP contribution in [0.1, 0.15) is 23.6 Å². The maximum Gasteiger partial charge on any atom is -0.0179 e. The molecule has 0 aromatic heterocycles. The summed E-state index contributed by atoms with van der Waals surface area (Å²) >= 11 is 0. The summed E-state index contributed by atoms with van der Waals surface area (Å²) in [6.07, 6.45) is 1.10. The molecule has 82 valence electrons. The highest BCUT2D eigenvalue weighted by Gasteiger charge is 1.99. The monoisotopic (exact) mass is 210 g/mol. The van der Waals surface area contributed by atoms with E-state index in [0.717, 1.165) is 6.42 Å². The molecule has 0 spiro atoms. The van der Waals surface area contributed by atoms with Crippen LogP contribution in [0.5, 0.6) is 0 Å². The number of rotatable bonds is 2. The lowest BCUT2D eigenvalue weighted by Crippen LogP contribution is -1.84. The van der Waals surface area contributed by atoms with E-state index >= 15 is 0 Å². The van der Waals surface area contributed by atoms with Crippen LogP contribution in [-0.4, -0.2) is 0 Å². The van der Waals surface area contributed by atoms with Gasteiger partial charge in [0, 0.05) is 0 Å². The lowest BCUT2D eigenvalue weighted by atomic mass is 9.99. The van der Waals surface area contributed by atoms with Gasteiger partial charge in [-0.05, 0) is 37.0 Å². The Morgan fingerprint density at radius 3 is 1.81 bits per heavy atom. The smallest absolute Gasteiger partial charge is 0.0179 e. The van der Waals surface area contributed by atoms with Crippen molar-refractivity contribution in [3.8, 4) is 11.1 Å². The Balaban J connectivity index is 2.42. The van der Waals surface area contributed by atoms with Crippen molar-refractivity contribution >= 4 is 0 Å². The van der Waals surface area contributed by atoms with Gasteiger partial charge in [0.25, 0.3) is 0 Å². The standard InChI is InChI=1S/C16H18/c1-4-14-5-7-15(8-6-14)16-10-12(2)9-13(3)11-16/h5-11H,4H2,1-3H3. The molecule has 0 nitrogen and oxygen atoms in total. The van der Waals surface area contributed by atoms with Gasteiger partial charge in [-0.1, -0.05) is 60.5 Å². The molecule has 0 atom stereocenters. The zero-order valence-electron chi connectivity index (χ0n) is 10.2. The predicted octanol–water partition coefficient (Wildman–Crippen LogP) is 4.53. The van der Waals surface area contributed by atoms with Crippen molar-refractivity contribution in [2.24, 2.45) is 0 Å². The first kappa shape index (κ1) is 10.9. The Morgan fingerprint density at radius 1 is 0.750 bits per heavy atom. The van der Waals surface area contributed by atoms with Crippen LogP contribution in [0.25, 0.3) is 11.1 Å². The van der Waals surface area contributed by atoms with Crippen molar-refractivity contribution in [1.29, 1.82) is 0 Å². The van der Waals surface area contributed by atoms with Gasteiger partial charge in [-0.25, -0.2) is 0 Å². The molecule has 0 amide bonds. The lowest BCUT2D eigenvalue weighted by Gasteiger charge is -2.06. The fourth-order valence-electron chi connectivity index (χ4n) is 2.07. The number of aryl methyl sites for hydroxylation is 3. The number of hydrogen-bond acceptors (Lipinski definition) is 0. The van der Waals surface area contributed by atoms with E-state index in [-0.39, 0.29) is 0 Å². The van der Waals surface area contributed by atoms with Gasteiger partial charge in [0.15, 0.2) is 0 Å². The van der Waals surface area contributed by atoms with Gasteiger partial charge in [0.1, 0.15) is 0 Å². The van der Waals surface area contributed by atoms with Crippen LogP contribution in [0.15, 0.2) is 42.5 Å². The van der Waals surface area contributed by atoms with E-state index in [1.54, 1.807) is 0 Å². The summed E-state index contributed by atoms with van der Waals surface area (Å²) in [6, 6.07) is 15.6. The number of hydrogen-bond donors (Lipinski definition) is 0. The second kappa shape index (κ2) is 4.52. The molecule has 0 radical (unpaired) electrons. The van der Waals surface area contributed by atoms with Gasteiger partial charge in [-0.2, -0.15) is 0 Å². The maximum atomic E-state index is 2.24. The van der Waals surface area contributed by atoms with Crippen LogP contribution in [0.4, 0.5) is 0 Å². The SMILES string of the molecule is CCc1ccc(-c2cc(C)cc(C)c2)cc1. The van der Waals surface area contributed by atoms with Gasteiger partial charge in [0.05, 0.1) is 0 Å². The van der Waals surface area contributed by atoms with Crippen LogP contribution in [0.2, 0.25) is 0 Å². The third-order valence-electron chi connectivity index (χ3n) is 2.92. The van der Waals surface area contributed by atoms with Crippen LogP contribution < -0.4 is 0 Å². The fourth-order valence-corrected chi connectivity index (χ4v) is 2.07. The van der Waals surface area contributed by atoms with Crippen LogP contribution >= 0.6 is 0 Å². The fraction of sp³-hybridized carbons (Fsp3) is 0.250. The van der Waals surface area contributed by atoms with Crippen LogP contribution in [0, 0.1) is 13.8 Å². The normalized spacial score (nSPS) is 10.4. The van der Waals surface area contributed by atoms with Gasteiger partial charge >= 0.3 is 0 Å². The summed E-state index contributed by atoms with van der Waals surface area (Å²) in [6.45, 7) is 6.49. The first-order valence-corrected chi connectivity index (χ1v) is 5.86. The minimum atomic E-state index is 1.10. The Kier molecular flexibility index (Phi) is 3.09. The maximum absolute atomic E-state index is 2.24. The highest BCUT2D eigenvalue weighted by atomic mass is 14.0. The minimum absolute atomic E-state index is 1.10. The molecule has 0 aliphatic carbocycles. The molecule has 0 bridgehead atoms. The molecule has 2 aromatic rings. The second-order valence-corrected chi connectivity index (χ2v) is 4.43. The average Bonchev–Trinajstić information content (AvgIpc) is 2.28. The molecular weight excluding hydrogens is 192 g/mol. The van der Waals surface area contributed by atoms with E-state index in [0.29, 0.717) is 0 Å². The highest BCUT2D eigenvalue weighted by molar-refractivity contribution is 5.65. The molecule has 0 aliphatic rings. The van der Waals surface area contributed by atoms with Crippen molar-refractivity contribution in [1.82, 2.24) is 0 Å². The molecule has 0 fully saturated rings. The largest absolute Gasteiger partial charge is 0.0613 e. The third kappa shape index (κ3) is 2.33. The van der Waals surface area contributed by atoms with Gasteiger partial charge < -0.3 is 0 Å². The molecule has 0 saturated heterocycles. The summed E-state index contributed by atoms with van der Waals surface area (Å²) < 4.78 is 0. The van der Waals surface area contributed by atoms with E-state index in [1.165, 1.54) is 27.8 Å². The molecule has 0 aliphatic heterocycles. The zero-order chi connectivity index (χ0) is 11.5. The quantitative estimate of drug-likeness (QED) is 0.683. The van der Waals surface area contributed by atoms with E-state index in [1.807, 2.05) is 0 Å². The summed E-state index contributed by atoms with van der Waals surface area (Å²) in [5, 5.41) is 0. The Morgan fingerprint density at radius 2 is 1.31 bits per heavy atom. The number of benzene rings is 2. The van der Waals surface area contributed by atoms with Crippen LogP contribution in [-0.2, 0) is 6.42 Å². The Bertz CT molecular complexity index is 458. The first-order chi connectivity index (χ1) is 7.69. The Hall–Kier alpha value is -1.56. The average molecular weight is 210 g/mol. The molecule has 0 heterocycles. The minimum Gasteiger partial charge on any atom is -0.0613 e. The molecule has 0 unspecified atom stereocenters. The predicted molar refractivity (Wildman–Crippen MR) is 70.7 cm³/mol. The van der Waals surface area contributed by atoms with Crippen LogP contribution in [0.3, 0.4) is 0 Å². The van der Waals surface area contributed by atoms with E-state index < -0.39 is 0 Å². The summed E-state index contributed by atoms with van der Waals surface area (Å²) in [5.41, 5.74) is 6.68. The zero-order valence-corrected chi connectivity index (χ0v) is 10.2. The van der Waals surface area contributed by atoms with Crippen molar-refractivity contribution in [3.63, 3.8) is 0 Å². The van der Waals surface area contributed by atoms with Crippen molar-refractivity contribution < 1.29 is 0 Å². The second-order valence-electron chi connectivity index (χ2n) is 4.43. The molecule has 16 heavy (non-hydrogen) atoms. The topological polar surface area (TPSA) is 0 Å². The van der Waals surface area contributed by atoms with Crippen molar-refractivity contribution in [2.75, 3.05) is 0 Å². The molecule has 2 rings (SSSR count). The highest BCUT2D eigenvalue weighted by Crippen LogP contribution is 2.22. The van der Waals surface area contributed by atoms with Gasteiger partial charge in [-0.3, -0.25) is 0 Å².